The molecule has 10 nitrogen and oxygen atoms in total. The van der Waals surface area contributed by atoms with Crippen LogP contribution in [0.3, 0.4) is 0 Å². The molecule has 2 amide bonds. The van der Waals surface area contributed by atoms with E-state index in [1.807, 2.05) is 39.0 Å². The average Bonchev–Trinajstić information content (AvgIpc) is 3.67. The van der Waals surface area contributed by atoms with Crippen LogP contribution in [0.15, 0.2) is 41.1 Å². The lowest BCUT2D eigenvalue weighted by Gasteiger charge is -2.48. The lowest BCUT2D eigenvalue weighted by Crippen LogP contribution is -2.63. The van der Waals surface area contributed by atoms with E-state index in [1.54, 1.807) is 18.5 Å². The van der Waals surface area contributed by atoms with Gasteiger partial charge in [-0.15, -0.1) is 0 Å². The minimum atomic E-state index is -2.16. The SMILES string of the molecule is C[C@H]1CN(c2ccncc2NC(=O)c2ccc3cc(C4CC4)oc3n2)C[C@@H](NC(=O)OC(C)(C)C)[C@@H]1O[Si](C)(C)C(C)(C)C. The number of furan rings is 1. The number of rotatable bonds is 7. The number of anilines is 2. The van der Waals surface area contributed by atoms with Crippen molar-refractivity contribution in [3.05, 3.63) is 48.1 Å². The summed E-state index contributed by atoms with van der Waals surface area (Å²) in [6, 6.07) is 7.14. The van der Waals surface area contributed by atoms with Crippen LogP contribution in [-0.4, -0.2) is 61.1 Å². The number of aromatic nitrogens is 2. The number of amides is 2. The van der Waals surface area contributed by atoms with Crippen LogP contribution in [0.25, 0.3) is 11.1 Å². The highest BCUT2D eigenvalue weighted by atomic mass is 28.4. The highest BCUT2D eigenvalue weighted by molar-refractivity contribution is 6.74. The van der Waals surface area contributed by atoms with Gasteiger partial charge in [-0.2, -0.15) is 0 Å². The van der Waals surface area contributed by atoms with E-state index in [0.29, 0.717) is 30.4 Å². The van der Waals surface area contributed by atoms with Gasteiger partial charge < -0.3 is 29.1 Å². The van der Waals surface area contributed by atoms with Crippen molar-refractivity contribution in [2.24, 2.45) is 5.92 Å². The van der Waals surface area contributed by atoms with Crippen molar-refractivity contribution in [1.82, 2.24) is 15.3 Å². The summed E-state index contributed by atoms with van der Waals surface area (Å²) in [6.07, 6.45) is 4.92. The molecule has 3 aromatic rings. The summed E-state index contributed by atoms with van der Waals surface area (Å²) in [4.78, 5) is 37.4. The van der Waals surface area contributed by atoms with Gasteiger partial charge >= 0.3 is 6.09 Å². The Morgan fingerprint density at radius 2 is 1.80 bits per heavy atom. The molecule has 2 aliphatic rings. The van der Waals surface area contributed by atoms with E-state index in [-0.39, 0.29) is 34.7 Å². The van der Waals surface area contributed by atoms with Crippen molar-refractivity contribution in [1.29, 1.82) is 0 Å². The molecule has 0 aromatic carbocycles. The molecule has 1 aliphatic heterocycles. The van der Waals surface area contributed by atoms with Gasteiger partial charge in [-0.25, -0.2) is 9.78 Å². The monoisotopic (exact) mass is 621 g/mol. The van der Waals surface area contributed by atoms with Gasteiger partial charge in [0, 0.05) is 36.5 Å². The van der Waals surface area contributed by atoms with Crippen molar-refractivity contribution in [2.45, 2.75) is 103 Å². The predicted octanol–water partition coefficient (Wildman–Crippen LogP) is 7.09. The van der Waals surface area contributed by atoms with Gasteiger partial charge in [0.1, 0.15) is 17.1 Å². The highest BCUT2D eigenvalue weighted by Gasteiger charge is 2.45. The molecule has 2 fully saturated rings. The lowest BCUT2D eigenvalue weighted by atomic mass is 9.92. The second-order valence-corrected chi connectivity index (χ2v) is 19.6. The third kappa shape index (κ3) is 7.26. The van der Waals surface area contributed by atoms with Crippen molar-refractivity contribution in [3.63, 3.8) is 0 Å². The van der Waals surface area contributed by atoms with Gasteiger partial charge in [0.15, 0.2) is 8.32 Å². The fourth-order valence-electron chi connectivity index (χ4n) is 5.34. The molecular formula is C33H47N5O5Si. The van der Waals surface area contributed by atoms with Crippen LogP contribution < -0.4 is 15.5 Å². The summed E-state index contributed by atoms with van der Waals surface area (Å²) in [7, 11) is -2.16. The van der Waals surface area contributed by atoms with Gasteiger partial charge in [-0.3, -0.25) is 9.78 Å². The number of alkyl carbamates (subject to hydrolysis) is 1. The summed E-state index contributed by atoms with van der Waals surface area (Å²) in [5.41, 5.74) is 1.47. The largest absolute Gasteiger partial charge is 0.444 e. The maximum atomic E-state index is 13.4. The number of carbonyl (C=O) groups is 2. The maximum absolute atomic E-state index is 13.4. The van der Waals surface area contributed by atoms with E-state index in [2.05, 4.69) is 66.3 Å². The normalized spacial score (nSPS) is 21.3. The minimum Gasteiger partial charge on any atom is -0.444 e. The van der Waals surface area contributed by atoms with E-state index in [1.165, 1.54) is 0 Å². The van der Waals surface area contributed by atoms with Crippen molar-refractivity contribution < 1.29 is 23.2 Å². The molecule has 1 saturated heterocycles. The van der Waals surface area contributed by atoms with Crippen molar-refractivity contribution in [2.75, 3.05) is 23.3 Å². The quantitative estimate of drug-likeness (QED) is 0.268. The Hall–Kier alpha value is -3.44. The molecule has 0 spiro atoms. The fraction of sp³-hybridized carbons (Fsp3) is 0.576. The zero-order valence-electron chi connectivity index (χ0n) is 27.5. The summed E-state index contributed by atoms with van der Waals surface area (Å²) >= 11 is 0. The molecule has 3 aromatic heterocycles. The van der Waals surface area contributed by atoms with Crippen LogP contribution in [0.4, 0.5) is 16.2 Å². The Labute approximate surface area is 261 Å². The van der Waals surface area contributed by atoms with E-state index < -0.39 is 20.0 Å². The smallest absolute Gasteiger partial charge is 0.408 e. The molecule has 44 heavy (non-hydrogen) atoms. The first-order chi connectivity index (χ1) is 20.5. The number of hydrogen-bond donors (Lipinski definition) is 2. The Kier molecular flexibility index (Phi) is 8.58. The topological polar surface area (TPSA) is 119 Å². The van der Waals surface area contributed by atoms with E-state index in [9.17, 15) is 9.59 Å². The third-order valence-electron chi connectivity index (χ3n) is 8.82. The predicted molar refractivity (Wildman–Crippen MR) is 175 cm³/mol. The van der Waals surface area contributed by atoms with Gasteiger partial charge in [-0.05, 0) is 76.0 Å². The number of nitrogens with zero attached hydrogens (tertiary/aromatic N) is 3. The molecule has 0 radical (unpaired) electrons. The van der Waals surface area contributed by atoms with Gasteiger partial charge in [0.05, 0.1) is 29.7 Å². The van der Waals surface area contributed by atoms with Gasteiger partial charge in [0.25, 0.3) is 5.91 Å². The second-order valence-electron chi connectivity index (χ2n) is 14.8. The minimum absolute atomic E-state index is 0.00896. The summed E-state index contributed by atoms with van der Waals surface area (Å²) in [6.45, 7) is 19.9. The van der Waals surface area contributed by atoms with Crippen LogP contribution >= 0.6 is 0 Å². The van der Waals surface area contributed by atoms with E-state index >= 15 is 0 Å². The number of pyridine rings is 2. The van der Waals surface area contributed by atoms with E-state index in [0.717, 1.165) is 29.7 Å². The number of carbonyl (C=O) groups excluding carboxylic acids is 2. The maximum Gasteiger partial charge on any atom is 0.408 e. The standard InChI is InChI=1S/C33H47N5O5Si/c1-20-18-38(19-25(37-31(40)42-32(2,3)4)28(20)43-44(8,9)33(5,6)7)26-14-15-34-17-24(26)35-29(39)23-13-12-22-16-27(21-10-11-21)41-30(22)36-23/h12-17,20-21,25,28H,10-11,18-19H2,1-9H3,(H,35,39)(H,37,40)/t20-,25+,28+/m0/s1. The second kappa shape index (κ2) is 11.8. The Bertz CT molecular complexity index is 1520. The van der Waals surface area contributed by atoms with Crippen LogP contribution in [0.5, 0.6) is 0 Å². The Morgan fingerprint density at radius 3 is 2.45 bits per heavy atom. The molecule has 3 atom stereocenters. The van der Waals surface area contributed by atoms with Gasteiger partial charge in [0.2, 0.25) is 5.71 Å². The lowest BCUT2D eigenvalue weighted by molar-refractivity contribution is 0.0336. The highest BCUT2D eigenvalue weighted by Crippen LogP contribution is 2.42. The first kappa shape index (κ1) is 32.0. The molecule has 4 heterocycles. The van der Waals surface area contributed by atoms with Crippen LogP contribution in [0.1, 0.15) is 83.5 Å². The Morgan fingerprint density at radius 1 is 1.07 bits per heavy atom. The summed E-state index contributed by atoms with van der Waals surface area (Å²) in [5.74, 6) is 1.12. The van der Waals surface area contributed by atoms with Crippen LogP contribution in [0.2, 0.25) is 18.1 Å². The molecule has 238 valence electrons. The molecule has 0 bridgehead atoms. The number of ether oxygens (including phenoxy) is 1. The third-order valence-corrected chi connectivity index (χ3v) is 13.3. The number of piperidine rings is 1. The Balaban J connectivity index is 1.38. The summed E-state index contributed by atoms with van der Waals surface area (Å²) < 4.78 is 18.5. The van der Waals surface area contributed by atoms with Crippen molar-refractivity contribution in [3.8, 4) is 0 Å². The zero-order chi connectivity index (χ0) is 32.0. The van der Waals surface area contributed by atoms with Crippen LogP contribution in [-0.2, 0) is 9.16 Å². The molecule has 1 saturated carbocycles. The average molecular weight is 622 g/mol. The zero-order valence-corrected chi connectivity index (χ0v) is 28.5. The van der Waals surface area contributed by atoms with Crippen LogP contribution in [0, 0.1) is 5.92 Å². The molecule has 0 unspecified atom stereocenters. The molecular weight excluding hydrogens is 574 g/mol. The number of nitrogens with one attached hydrogen (secondary N) is 2. The van der Waals surface area contributed by atoms with Gasteiger partial charge in [-0.1, -0.05) is 27.7 Å². The molecule has 2 N–H and O–H groups in total. The first-order valence-corrected chi connectivity index (χ1v) is 18.5. The fourth-order valence-corrected chi connectivity index (χ4v) is 6.77. The molecule has 11 heteroatoms. The molecule has 5 rings (SSSR count). The van der Waals surface area contributed by atoms with Crippen molar-refractivity contribution >= 4 is 42.8 Å². The molecule has 1 aliphatic carbocycles. The summed E-state index contributed by atoms with van der Waals surface area (Å²) in [5, 5.41) is 7.04. The number of fused-ring (bicyclic) bond motifs is 1. The number of hydrogen-bond acceptors (Lipinski definition) is 8. The first-order valence-electron chi connectivity index (χ1n) is 15.6. The van der Waals surface area contributed by atoms with E-state index in [4.69, 9.17) is 13.6 Å².